The number of carbonyl (C=O) groups excluding carboxylic acids is 1. The van der Waals surface area contributed by atoms with Gasteiger partial charge in [-0.15, -0.1) is 0 Å². The average Bonchev–Trinajstić information content (AvgIpc) is 3.48. The number of benzene rings is 2. The molecule has 5 rings (SSSR count). The van der Waals surface area contributed by atoms with Crippen LogP contribution in [0.2, 0.25) is 0 Å². The summed E-state index contributed by atoms with van der Waals surface area (Å²) in [4.78, 5) is 14.6. The number of aryl methyl sites for hydroxylation is 1. The van der Waals surface area contributed by atoms with Crippen molar-refractivity contribution in [3.05, 3.63) is 59.7 Å². The predicted octanol–water partition coefficient (Wildman–Crippen LogP) is 4.30. The zero-order valence-electron chi connectivity index (χ0n) is 18.3. The van der Waals surface area contributed by atoms with Gasteiger partial charge in [-0.25, -0.2) is 4.39 Å². The fraction of sp³-hybridized carbons (Fsp3) is 0.360. The minimum Gasteiger partial charge on any atom is -0.391 e. The molecule has 32 heavy (non-hydrogen) atoms. The van der Waals surface area contributed by atoms with Gasteiger partial charge < -0.3 is 14.6 Å². The van der Waals surface area contributed by atoms with Crippen LogP contribution >= 0.6 is 0 Å². The van der Waals surface area contributed by atoms with Gasteiger partial charge in [-0.05, 0) is 60.7 Å². The van der Waals surface area contributed by atoms with E-state index in [0.717, 1.165) is 38.8 Å². The highest BCUT2D eigenvalue weighted by Gasteiger charge is 2.26. The number of aromatic nitrogens is 3. The summed E-state index contributed by atoms with van der Waals surface area (Å²) in [6, 6.07) is 10.7. The average molecular weight is 435 g/mol. The molecular weight excluding hydrogens is 407 g/mol. The van der Waals surface area contributed by atoms with Crippen LogP contribution in [-0.2, 0) is 11.2 Å². The number of hydrogen-bond acceptors (Lipinski definition) is 3. The van der Waals surface area contributed by atoms with Gasteiger partial charge in [-0.3, -0.25) is 9.89 Å². The molecular formula is C25H27FN4O2. The van der Waals surface area contributed by atoms with E-state index in [0.29, 0.717) is 32.4 Å². The maximum Gasteiger partial charge on any atom is 0.222 e. The Balaban J connectivity index is 1.64. The number of carbonyl (C=O) groups is 1. The van der Waals surface area contributed by atoms with E-state index >= 15 is 0 Å². The maximum atomic E-state index is 13.7. The monoisotopic (exact) mass is 434 g/mol. The molecule has 2 aromatic carbocycles. The largest absolute Gasteiger partial charge is 0.391 e. The van der Waals surface area contributed by atoms with Crippen molar-refractivity contribution in [2.45, 2.75) is 45.1 Å². The summed E-state index contributed by atoms with van der Waals surface area (Å²) < 4.78 is 15.8. The molecule has 0 saturated carbocycles. The molecule has 1 aliphatic rings. The summed E-state index contributed by atoms with van der Waals surface area (Å²) >= 11 is 0. The van der Waals surface area contributed by atoms with Crippen LogP contribution in [0, 0.1) is 5.82 Å². The molecule has 1 atom stereocenters. The quantitative estimate of drug-likeness (QED) is 0.492. The van der Waals surface area contributed by atoms with Gasteiger partial charge in [0.15, 0.2) is 0 Å². The van der Waals surface area contributed by atoms with Crippen LogP contribution in [0.1, 0.15) is 43.9 Å². The number of aromatic amines is 1. The van der Waals surface area contributed by atoms with Gasteiger partial charge in [0.1, 0.15) is 5.82 Å². The van der Waals surface area contributed by atoms with E-state index in [1.807, 2.05) is 0 Å². The second-order valence-electron chi connectivity index (χ2n) is 8.94. The van der Waals surface area contributed by atoms with Crippen LogP contribution in [0.25, 0.3) is 27.5 Å². The molecule has 0 radical (unpaired) electrons. The van der Waals surface area contributed by atoms with E-state index in [9.17, 15) is 14.3 Å². The Morgan fingerprint density at radius 1 is 1.28 bits per heavy atom. The molecule has 0 spiro atoms. The van der Waals surface area contributed by atoms with Crippen LogP contribution in [0.4, 0.5) is 4.39 Å². The highest BCUT2D eigenvalue weighted by Crippen LogP contribution is 2.37. The van der Waals surface area contributed by atoms with Crippen molar-refractivity contribution in [1.29, 1.82) is 0 Å². The van der Waals surface area contributed by atoms with E-state index in [4.69, 9.17) is 0 Å². The van der Waals surface area contributed by atoms with Crippen molar-refractivity contribution in [3.63, 3.8) is 0 Å². The van der Waals surface area contributed by atoms with Crippen LogP contribution < -0.4 is 0 Å². The number of halogens is 1. The van der Waals surface area contributed by atoms with Gasteiger partial charge in [-0.1, -0.05) is 13.8 Å². The van der Waals surface area contributed by atoms with E-state index in [1.165, 1.54) is 12.1 Å². The summed E-state index contributed by atoms with van der Waals surface area (Å²) in [6.07, 6.45) is 3.01. The lowest BCUT2D eigenvalue weighted by Gasteiger charge is -2.17. The summed E-state index contributed by atoms with van der Waals surface area (Å²) in [7, 11) is 0. The molecule has 0 bridgehead atoms. The Hall–Kier alpha value is -3.19. The summed E-state index contributed by atoms with van der Waals surface area (Å²) in [5.74, 6) is -0.00339. The molecule has 1 unspecified atom stereocenters. The molecule has 2 N–H and O–H groups in total. The molecule has 1 fully saturated rings. The van der Waals surface area contributed by atoms with Crippen LogP contribution in [0.15, 0.2) is 42.6 Å². The molecule has 2 aromatic heterocycles. The minimum atomic E-state index is -0.417. The molecule has 0 aliphatic carbocycles. The molecule has 1 aliphatic heterocycles. The highest BCUT2D eigenvalue weighted by molar-refractivity contribution is 5.99. The molecule has 1 amide bonds. The standard InChI is InChI=1S/C25H27FN4O2/c1-15(2)25-20(7-8-24(32)29-10-9-19(31)14-29)21-12-22-16(13-27-28-22)11-23(21)30(25)18-5-3-17(26)4-6-18/h3-6,11-13,15,19,31H,7-10,14H2,1-2H3,(H,27,28). The Morgan fingerprint density at radius 3 is 2.75 bits per heavy atom. The van der Waals surface area contributed by atoms with Crippen molar-refractivity contribution in [2.75, 3.05) is 13.1 Å². The summed E-state index contributed by atoms with van der Waals surface area (Å²) in [5.41, 5.74) is 5.11. The first-order chi connectivity index (χ1) is 15.4. The molecule has 7 heteroatoms. The van der Waals surface area contributed by atoms with Gasteiger partial charge in [-0.2, -0.15) is 5.10 Å². The van der Waals surface area contributed by atoms with E-state index in [2.05, 4.69) is 40.7 Å². The number of hydrogen-bond donors (Lipinski definition) is 2. The van der Waals surface area contributed by atoms with E-state index in [-0.39, 0.29) is 17.6 Å². The number of nitrogens with one attached hydrogen (secondary N) is 1. The van der Waals surface area contributed by atoms with Crippen molar-refractivity contribution >= 4 is 27.7 Å². The Labute approximate surface area is 185 Å². The first-order valence-corrected chi connectivity index (χ1v) is 11.1. The summed E-state index contributed by atoms with van der Waals surface area (Å²) in [5, 5.41) is 19.1. The fourth-order valence-electron chi connectivity index (χ4n) is 4.90. The number of amides is 1. The maximum absolute atomic E-state index is 13.7. The van der Waals surface area contributed by atoms with Gasteiger partial charge in [0.25, 0.3) is 0 Å². The number of aliphatic hydroxyl groups is 1. The summed E-state index contributed by atoms with van der Waals surface area (Å²) in [6.45, 7) is 5.32. The first-order valence-electron chi connectivity index (χ1n) is 11.1. The molecule has 1 saturated heterocycles. The van der Waals surface area contributed by atoms with Crippen LogP contribution in [0.5, 0.6) is 0 Å². The van der Waals surface area contributed by atoms with Gasteiger partial charge in [0.2, 0.25) is 5.91 Å². The number of fused-ring (bicyclic) bond motifs is 2. The normalized spacial score (nSPS) is 16.7. The van der Waals surface area contributed by atoms with Crippen molar-refractivity contribution in [1.82, 2.24) is 19.7 Å². The Kier molecular flexibility index (Phi) is 5.21. The smallest absolute Gasteiger partial charge is 0.222 e. The lowest BCUT2D eigenvalue weighted by Crippen LogP contribution is -2.29. The molecule has 4 aromatic rings. The molecule has 6 nitrogen and oxygen atoms in total. The van der Waals surface area contributed by atoms with Crippen molar-refractivity contribution < 1.29 is 14.3 Å². The van der Waals surface area contributed by atoms with E-state index < -0.39 is 6.10 Å². The second-order valence-corrected chi connectivity index (χ2v) is 8.94. The number of aliphatic hydroxyl groups excluding tert-OH is 1. The van der Waals surface area contributed by atoms with Crippen LogP contribution in [-0.4, -0.2) is 49.9 Å². The number of likely N-dealkylation sites (tertiary alicyclic amines) is 1. The zero-order valence-corrected chi connectivity index (χ0v) is 18.3. The number of nitrogens with zero attached hydrogens (tertiary/aromatic N) is 3. The molecule has 166 valence electrons. The minimum absolute atomic E-state index is 0.0709. The lowest BCUT2D eigenvalue weighted by molar-refractivity contribution is -0.130. The SMILES string of the molecule is CC(C)c1c(CCC(=O)N2CCC(O)C2)c2cc3[nH]ncc3cc2n1-c1ccc(F)cc1. The Morgan fingerprint density at radius 2 is 2.06 bits per heavy atom. The Bertz CT molecular complexity index is 1290. The number of β-amino-alcohol motifs (C(OH)–C–C–N with tert-alkyl or cyclic N) is 1. The second kappa shape index (κ2) is 8.06. The highest BCUT2D eigenvalue weighted by atomic mass is 19.1. The number of rotatable bonds is 5. The van der Waals surface area contributed by atoms with Crippen LogP contribution in [0.3, 0.4) is 0 Å². The molecule has 3 heterocycles. The van der Waals surface area contributed by atoms with Crippen molar-refractivity contribution in [2.24, 2.45) is 0 Å². The lowest BCUT2D eigenvalue weighted by atomic mass is 9.98. The topological polar surface area (TPSA) is 74.2 Å². The third kappa shape index (κ3) is 3.56. The number of H-pyrrole nitrogens is 1. The third-order valence-electron chi connectivity index (χ3n) is 6.41. The third-order valence-corrected chi connectivity index (χ3v) is 6.41. The van der Waals surface area contributed by atoms with Gasteiger partial charge in [0, 0.05) is 41.7 Å². The zero-order chi connectivity index (χ0) is 22.4. The van der Waals surface area contributed by atoms with Gasteiger partial charge in [0.05, 0.1) is 23.3 Å². The predicted molar refractivity (Wildman–Crippen MR) is 122 cm³/mol. The first kappa shape index (κ1) is 20.7. The van der Waals surface area contributed by atoms with Crippen molar-refractivity contribution in [3.8, 4) is 5.69 Å². The fourth-order valence-corrected chi connectivity index (χ4v) is 4.90. The van der Waals surface area contributed by atoms with E-state index in [1.54, 1.807) is 23.2 Å². The van der Waals surface area contributed by atoms with Gasteiger partial charge >= 0.3 is 0 Å².